The molecule has 1 amide bonds. The van der Waals surface area contributed by atoms with E-state index in [1.165, 1.54) is 0 Å². The third kappa shape index (κ3) is 4.37. The molecule has 0 aliphatic rings. The molecule has 1 aromatic rings. The van der Waals surface area contributed by atoms with E-state index < -0.39 is 6.09 Å². The molecule has 1 aromatic heterocycles. The van der Waals surface area contributed by atoms with Gasteiger partial charge < -0.3 is 10.5 Å². The van der Waals surface area contributed by atoms with Gasteiger partial charge in [-0.25, -0.2) is 15.2 Å². The zero-order chi connectivity index (χ0) is 10.4. The fourth-order valence-electron chi connectivity index (χ4n) is 0.800. The van der Waals surface area contributed by atoms with Crippen LogP contribution in [0, 0.1) is 0 Å². The SMILES string of the molecule is CCOC(=O)NNc1ncccc1N.Cl. The number of carbonyl (C=O) groups excluding carboxylic acids is 1. The number of nitrogens with two attached hydrogens (primary N) is 1. The highest BCUT2D eigenvalue weighted by Gasteiger charge is 2.01. The van der Waals surface area contributed by atoms with Crippen molar-refractivity contribution < 1.29 is 9.53 Å². The van der Waals surface area contributed by atoms with Crippen molar-refractivity contribution in [3.8, 4) is 0 Å². The van der Waals surface area contributed by atoms with Crippen LogP contribution in [0.5, 0.6) is 0 Å². The summed E-state index contributed by atoms with van der Waals surface area (Å²) in [6.07, 6.45) is 0.989. The lowest BCUT2D eigenvalue weighted by Crippen LogP contribution is -2.30. The summed E-state index contributed by atoms with van der Waals surface area (Å²) >= 11 is 0. The molecular formula is C8H13ClN4O2. The number of rotatable bonds is 3. The van der Waals surface area contributed by atoms with Crippen LogP contribution in [0.1, 0.15) is 6.92 Å². The number of anilines is 2. The number of aromatic nitrogens is 1. The summed E-state index contributed by atoms with van der Waals surface area (Å²) in [5.41, 5.74) is 10.8. The normalized spacial score (nSPS) is 8.60. The Labute approximate surface area is 93.6 Å². The molecule has 0 radical (unpaired) electrons. The van der Waals surface area contributed by atoms with Gasteiger partial charge in [-0.15, -0.1) is 12.4 Å². The first-order valence-corrected chi connectivity index (χ1v) is 4.13. The Morgan fingerprint density at radius 2 is 2.40 bits per heavy atom. The summed E-state index contributed by atoms with van der Waals surface area (Å²) in [5, 5.41) is 0. The monoisotopic (exact) mass is 232 g/mol. The maximum atomic E-state index is 10.9. The highest BCUT2D eigenvalue weighted by Crippen LogP contribution is 2.10. The van der Waals surface area contributed by atoms with Gasteiger partial charge in [0, 0.05) is 6.20 Å². The Morgan fingerprint density at radius 1 is 1.67 bits per heavy atom. The van der Waals surface area contributed by atoms with Crippen molar-refractivity contribution in [2.75, 3.05) is 17.8 Å². The molecule has 0 aromatic carbocycles. The highest BCUT2D eigenvalue weighted by atomic mass is 35.5. The Kier molecular flexibility index (Phi) is 5.96. The Balaban J connectivity index is 0.00000196. The molecule has 0 aliphatic heterocycles. The first kappa shape index (κ1) is 13.3. The van der Waals surface area contributed by atoms with Crippen molar-refractivity contribution in [2.45, 2.75) is 6.92 Å². The van der Waals surface area contributed by atoms with Crippen LogP contribution in [0.15, 0.2) is 18.3 Å². The average Bonchev–Trinajstić information content (AvgIpc) is 2.17. The average molecular weight is 233 g/mol. The summed E-state index contributed by atoms with van der Waals surface area (Å²) in [5.74, 6) is 0.389. The smallest absolute Gasteiger partial charge is 0.425 e. The summed E-state index contributed by atoms with van der Waals surface area (Å²) in [6, 6.07) is 3.37. The number of pyridine rings is 1. The number of nitrogen functional groups attached to an aromatic ring is 1. The lowest BCUT2D eigenvalue weighted by molar-refractivity contribution is 0.154. The van der Waals surface area contributed by atoms with Gasteiger partial charge in [-0.1, -0.05) is 0 Å². The predicted octanol–water partition coefficient (Wildman–Crippen LogP) is 1.16. The molecule has 0 atom stereocenters. The maximum absolute atomic E-state index is 10.9. The van der Waals surface area contributed by atoms with Gasteiger partial charge in [0.2, 0.25) is 0 Å². The summed E-state index contributed by atoms with van der Waals surface area (Å²) in [7, 11) is 0. The summed E-state index contributed by atoms with van der Waals surface area (Å²) in [6.45, 7) is 2.03. The van der Waals surface area contributed by atoms with Crippen LogP contribution in [0.4, 0.5) is 16.3 Å². The lowest BCUT2D eigenvalue weighted by atomic mass is 10.4. The Hall–Kier alpha value is -1.69. The number of halogens is 1. The molecule has 7 heteroatoms. The van der Waals surface area contributed by atoms with E-state index in [1.807, 2.05) is 0 Å². The van der Waals surface area contributed by atoms with Crippen molar-refractivity contribution in [1.82, 2.24) is 10.4 Å². The van der Waals surface area contributed by atoms with E-state index in [-0.39, 0.29) is 12.4 Å². The third-order valence-corrected chi connectivity index (χ3v) is 1.40. The van der Waals surface area contributed by atoms with Crippen LogP contribution < -0.4 is 16.6 Å². The highest BCUT2D eigenvalue weighted by molar-refractivity contribution is 5.85. The summed E-state index contributed by atoms with van der Waals surface area (Å²) < 4.78 is 4.62. The van der Waals surface area contributed by atoms with Crippen LogP contribution in [0.2, 0.25) is 0 Å². The zero-order valence-electron chi connectivity index (χ0n) is 8.19. The Bertz CT molecular complexity index is 321. The van der Waals surface area contributed by atoms with Gasteiger partial charge in [0.15, 0.2) is 5.82 Å². The molecule has 0 saturated heterocycles. The van der Waals surface area contributed by atoms with Gasteiger partial charge in [-0.05, 0) is 19.1 Å². The zero-order valence-corrected chi connectivity index (χ0v) is 9.00. The summed E-state index contributed by atoms with van der Waals surface area (Å²) in [4.78, 5) is 14.8. The molecule has 1 rings (SSSR count). The van der Waals surface area contributed by atoms with E-state index in [1.54, 1.807) is 25.3 Å². The topological polar surface area (TPSA) is 89.3 Å². The van der Waals surface area contributed by atoms with Crippen LogP contribution in [0.25, 0.3) is 0 Å². The molecule has 6 nitrogen and oxygen atoms in total. The molecular weight excluding hydrogens is 220 g/mol. The maximum Gasteiger partial charge on any atom is 0.425 e. The molecule has 15 heavy (non-hydrogen) atoms. The number of carbonyl (C=O) groups is 1. The van der Waals surface area contributed by atoms with E-state index >= 15 is 0 Å². The second-order valence-corrected chi connectivity index (χ2v) is 2.41. The number of hydrazine groups is 1. The first-order valence-electron chi connectivity index (χ1n) is 4.13. The molecule has 0 spiro atoms. The molecule has 84 valence electrons. The fourth-order valence-corrected chi connectivity index (χ4v) is 0.800. The van der Waals surface area contributed by atoms with E-state index in [0.29, 0.717) is 18.1 Å². The van der Waals surface area contributed by atoms with Crippen LogP contribution in [-0.4, -0.2) is 17.7 Å². The lowest BCUT2D eigenvalue weighted by Gasteiger charge is -2.08. The molecule has 0 saturated carbocycles. The van der Waals surface area contributed by atoms with Crippen LogP contribution in [0.3, 0.4) is 0 Å². The Morgan fingerprint density at radius 3 is 3.00 bits per heavy atom. The molecule has 1 heterocycles. The second kappa shape index (κ2) is 6.72. The quantitative estimate of drug-likeness (QED) is 0.681. The van der Waals surface area contributed by atoms with Gasteiger partial charge >= 0.3 is 6.09 Å². The second-order valence-electron chi connectivity index (χ2n) is 2.41. The van der Waals surface area contributed by atoms with E-state index in [2.05, 4.69) is 20.6 Å². The number of hydrogen-bond donors (Lipinski definition) is 3. The van der Waals surface area contributed by atoms with E-state index in [0.717, 1.165) is 0 Å². The van der Waals surface area contributed by atoms with E-state index in [9.17, 15) is 4.79 Å². The number of nitrogens with one attached hydrogen (secondary N) is 2. The molecule has 0 bridgehead atoms. The van der Waals surface area contributed by atoms with Crippen LogP contribution in [-0.2, 0) is 4.74 Å². The van der Waals surface area contributed by atoms with Gasteiger partial charge in [0.1, 0.15) is 0 Å². The largest absolute Gasteiger partial charge is 0.449 e. The number of ether oxygens (including phenoxy) is 1. The molecule has 4 N–H and O–H groups in total. The van der Waals surface area contributed by atoms with E-state index in [4.69, 9.17) is 5.73 Å². The number of nitrogens with zero attached hydrogens (tertiary/aromatic N) is 1. The number of amides is 1. The van der Waals surface area contributed by atoms with Crippen molar-refractivity contribution >= 4 is 30.0 Å². The first-order chi connectivity index (χ1) is 6.74. The molecule has 0 aliphatic carbocycles. The number of hydrogen-bond acceptors (Lipinski definition) is 5. The van der Waals surface area contributed by atoms with Gasteiger partial charge in [-0.2, -0.15) is 0 Å². The minimum atomic E-state index is -0.572. The van der Waals surface area contributed by atoms with Gasteiger partial charge in [0.05, 0.1) is 12.3 Å². The molecule has 0 unspecified atom stereocenters. The predicted molar refractivity (Wildman–Crippen MR) is 59.7 cm³/mol. The van der Waals surface area contributed by atoms with Crippen molar-refractivity contribution in [3.05, 3.63) is 18.3 Å². The third-order valence-electron chi connectivity index (χ3n) is 1.40. The van der Waals surface area contributed by atoms with Gasteiger partial charge in [-0.3, -0.25) is 5.43 Å². The fraction of sp³-hybridized carbons (Fsp3) is 0.250. The van der Waals surface area contributed by atoms with Gasteiger partial charge in [0.25, 0.3) is 0 Å². The minimum absolute atomic E-state index is 0. The van der Waals surface area contributed by atoms with Crippen molar-refractivity contribution in [1.29, 1.82) is 0 Å². The van der Waals surface area contributed by atoms with Crippen molar-refractivity contribution in [2.24, 2.45) is 0 Å². The van der Waals surface area contributed by atoms with Crippen LogP contribution >= 0.6 is 12.4 Å². The standard InChI is InChI=1S/C8H12N4O2.ClH/c1-2-14-8(13)12-11-7-6(9)4-3-5-10-7;/h3-5H,2,9H2,1H3,(H,10,11)(H,12,13);1H. The van der Waals surface area contributed by atoms with Crippen molar-refractivity contribution in [3.63, 3.8) is 0 Å². The molecule has 0 fully saturated rings. The minimum Gasteiger partial charge on any atom is -0.449 e.